The fourth-order valence-electron chi connectivity index (χ4n) is 0.871. The first kappa shape index (κ1) is 18.9. The summed E-state index contributed by atoms with van der Waals surface area (Å²) in [6.45, 7) is 8.00. The highest BCUT2D eigenvalue weighted by molar-refractivity contribution is 7.11. The molecule has 1 aromatic heterocycles. The van der Waals surface area contributed by atoms with Crippen molar-refractivity contribution in [3.8, 4) is 0 Å². The minimum atomic E-state index is -1.08. The molecule has 1 heterocycles. The highest BCUT2D eigenvalue weighted by Gasteiger charge is 2.15. The minimum absolute atomic E-state index is 0.0799. The molecule has 2 N–H and O–H groups in total. The van der Waals surface area contributed by atoms with Gasteiger partial charge in [0, 0.05) is 0 Å². The number of hydrogen-bond acceptors (Lipinski definition) is 5. The zero-order valence-corrected chi connectivity index (χ0v) is 12.1. The molecule has 0 bridgehead atoms. The van der Waals surface area contributed by atoms with Gasteiger partial charge >= 0.3 is 5.97 Å². The van der Waals surface area contributed by atoms with E-state index < -0.39 is 11.9 Å². The first-order chi connectivity index (χ1) is 8.65. The van der Waals surface area contributed by atoms with Gasteiger partial charge in [-0.05, 0) is 0 Å². The molecule has 0 aromatic carbocycles. The quantitative estimate of drug-likeness (QED) is 0.822. The Kier molecular flexibility index (Phi) is 12.6. The average molecular weight is 276 g/mol. The molecule has 1 amide bonds. The van der Waals surface area contributed by atoms with Crippen molar-refractivity contribution in [2.24, 2.45) is 0 Å². The lowest BCUT2D eigenvalue weighted by Gasteiger charge is -1.99. The maximum atomic E-state index is 11.0. The first-order valence-corrected chi connectivity index (χ1v) is 6.50. The molecule has 6 nitrogen and oxygen atoms in total. The second-order valence-corrected chi connectivity index (χ2v) is 3.19. The third-order valence-electron chi connectivity index (χ3n) is 1.38. The van der Waals surface area contributed by atoms with Gasteiger partial charge in [-0.15, -0.1) is 11.3 Å². The van der Waals surface area contributed by atoms with Crippen molar-refractivity contribution in [2.45, 2.75) is 34.1 Å². The summed E-state index contributed by atoms with van der Waals surface area (Å²) >= 11 is 0.986. The van der Waals surface area contributed by atoms with E-state index >= 15 is 0 Å². The number of thiazole rings is 1. The number of nitrogens with one attached hydrogen (secondary N) is 1. The highest BCUT2D eigenvalue weighted by atomic mass is 32.1. The molecule has 0 saturated carbocycles. The van der Waals surface area contributed by atoms with Gasteiger partial charge in [0.1, 0.15) is 4.88 Å². The zero-order chi connectivity index (χ0) is 14.6. The molecule has 0 fully saturated rings. The van der Waals surface area contributed by atoms with E-state index in [1.807, 2.05) is 27.7 Å². The molecule has 7 heteroatoms. The van der Waals surface area contributed by atoms with Crippen LogP contribution >= 0.6 is 11.3 Å². The van der Waals surface area contributed by atoms with Crippen molar-refractivity contribution in [3.63, 3.8) is 0 Å². The molecule has 0 aliphatic heterocycles. The van der Waals surface area contributed by atoms with Crippen LogP contribution in [0.2, 0.25) is 0 Å². The molecule has 1 rings (SSSR count). The van der Waals surface area contributed by atoms with E-state index in [2.05, 4.69) is 15.3 Å². The van der Waals surface area contributed by atoms with E-state index in [9.17, 15) is 9.59 Å². The Morgan fingerprint density at radius 2 is 1.94 bits per heavy atom. The second kappa shape index (κ2) is 12.0. The van der Waals surface area contributed by atoms with Crippen LogP contribution in [-0.4, -0.2) is 29.1 Å². The maximum Gasteiger partial charge on any atom is 0.347 e. The van der Waals surface area contributed by atoms with E-state index in [1.165, 1.54) is 12.6 Å². The summed E-state index contributed by atoms with van der Waals surface area (Å²) in [6, 6.07) is 0. The summed E-state index contributed by atoms with van der Waals surface area (Å²) < 4.78 is 0. The van der Waals surface area contributed by atoms with Crippen LogP contribution < -0.4 is 5.48 Å². The molecular weight excluding hydrogens is 256 g/mol. The maximum absolute atomic E-state index is 11.0. The standard InChI is InChI=1S/C7H8N2O4S.2C2H6/c1-13-9-5(10)2-4-6(7(11)12)14-3-8-4;2*1-2/h3H,2H2,1H3,(H,9,10)(H,11,12);2*1-2H3. The molecule has 0 aliphatic rings. The first-order valence-electron chi connectivity index (χ1n) is 5.62. The average Bonchev–Trinajstić information content (AvgIpc) is 2.82. The summed E-state index contributed by atoms with van der Waals surface area (Å²) in [7, 11) is 1.30. The number of rotatable bonds is 4. The van der Waals surface area contributed by atoms with Gasteiger partial charge in [-0.1, -0.05) is 27.7 Å². The van der Waals surface area contributed by atoms with Crippen LogP contribution in [0.25, 0.3) is 0 Å². The van der Waals surface area contributed by atoms with E-state index in [4.69, 9.17) is 5.11 Å². The third-order valence-corrected chi connectivity index (χ3v) is 2.24. The molecule has 18 heavy (non-hydrogen) atoms. The van der Waals surface area contributed by atoms with Crippen LogP contribution in [0.4, 0.5) is 0 Å². The fourth-order valence-corrected chi connectivity index (χ4v) is 1.52. The lowest BCUT2D eigenvalue weighted by atomic mass is 10.2. The normalized spacial score (nSPS) is 8.28. The molecule has 0 aliphatic carbocycles. The van der Waals surface area contributed by atoms with E-state index in [0.29, 0.717) is 0 Å². The third kappa shape index (κ3) is 6.97. The number of carboxylic acids is 1. The lowest BCUT2D eigenvalue weighted by Crippen LogP contribution is -2.24. The summed E-state index contributed by atoms with van der Waals surface area (Å²) in [6.07, 6.45) is -0.0982. The predicted molar refractivity (Wildman–Crippen MR) is 70.6 cm³/mol. The predicted octanol–water partition coefficient (Wildman–Crippen LogP) is 2.11. The van der Waals surface area contributed by atoms with E-state index in [0.717, 1.165) is 11.3 Å². The zero-order valence-electron chi connectivity index (χ0n) is 11.3. The molecule has 0 saturated heterocycles. The van der Waals surface area contributed by atoms with Gasteiger partial charge in [-0.2, -0.15) is 0 Å². The van der Waals surface area contributed by atoms with Crippen molar-refractivity contribution < 1.29 is 19.5 Å². The Morgan fingerprint density at radius 1 is 1.39 bits per heavy atom. The van der Waals surface area contributed by atoms with Crippen LogP contribution in [0.5, 0.6) is 0 Å². The lowest BCUT2D eigenvalue weighted by molar-refractivity contribution is -0.130. The monoisotopic (exact) mass is 276 g/mol. The molecule has 1 aromatic rings. The van der Waals surface area contributed by atoms with Crippen LogP contribution in [0.3, 0.4) is 0 Å². The van der Waals surface area contributed by atoms with E-state index in [1.54, 1.807) is 0 Å². The van der Waals surface area contributed by atoms with Crippen LogP contribution in [-0.2, 0) is 16.1 Å². The van der Waals surface area contributed by atoms with Crippen LogP contribution in [0, 0.1) is 0 Å². The number of amides is 1. The number of carbonyl (C=O) groups is 2. The van der Waals surface area contributed by atoms with Crippen molar-refractivity contribution in [1.29, 1.82) is 0 Å². The van der Waals surface area contributed by atoms with Crippen molar-refractivity contribution in [3.05, 3.63) is 16.1 Å². The van der Waals surface area contributed by atoms with Gasteiger partial charge < -0.3 is 5.11 Å². The number of carbonyl (C=O) groups excluding carboxylic acids is 1. The number of aromatic nitrogens is 1. The number of nitrogens with zero attached hydrogens (tertiary/aromatic N) is 1. The van der Waals surface area contributed by atoms with Crippen molar-refractivity contribution >= 4 is 23.2 Å². The van der Waals surface area contributed by atoms with Crippen LogP contribution in [0.15, 0.2) is 5.51 Å². The van der Waals surface area contributed by atoms with Crippen molar-refractivity contribution in [1.82, 2.24) is 10.5 Å². The summed E-state index contributed by atoms with van der Waals surface area (Å²) in [5, 5.41) is 8.70. The van der Waals surface area contributed by atoms with Crippen LogP contribution in [0.1, 0.15) is 43.1 Å². The molecule has 0 radical (unpaired) electrons. The van der Waals surface area contributed by atoms with Gasteiger partial charge in [-0.25, -0.2) is 15.3 Å². The van der Waals surface area contributed by atoms with E-state index in [-0.39, 0.29) is 17.0 Å². The summed E-state index contributed by atoms with van der Waals surface area (Å²) in [4.78, 5) is 29.9. The summed E-state index contributed by atoms with van der Waals surface area (Å²) in [5.74, 6) is -1.51. The van der Waals surface area contributed by atoms with Gasteiger partial charge in [-0.3, -0.25) is 9.63 Å². The Hall–Kier alpha value is -1.47. The number of hydroxylamine groups is 1. The molecule has 0 atom stereocenters. The Labute approximate surface area is 111 Å². The topological polar surface area (TPSA) is 88.5 Å². The van der Waals surface area contributed by atoms with Gasteiger partial charge in [0.25, 0.3) is 0 Å². The molecule has 0 unspecified atom stereocenters. The highest BCUT2D eigenvalue weighted by Crippen LogP contribution is 2.13. The SMILES string of the molecule is CC.CC.CONC(=O)Cc1ncsc1C(=O)O. The Bertz CT molecular complexity index is 353. The largest absolute Gasteiger partial charge is 0.477 e. The number of carboxylic acid groups (broad SMARTS) is 1. The minimum Gasteiger partial charge on any atom is -0.477 e. The van der Waals surface area contributed by atoms with Gasteiger partial charge in [0.15, 0.2) is 0 Å². The summed E-state index contributed by atoms with van der Waals surface area (Å²) in [5.41, 5.74) is 3.72. The van der Waals surface area contributed by atoms with Crippen molar-refractivity contribution in [2.75, 3.05) is 7.11 Å². The smallest absolute Gasteiger partial charge is 0.347 e. The molecule has 104 valence electrons. The Balaban J connectivity index is 0. The molecule has 0 spiro atoms. The fraction of sp³-hybridized carbons (Fsp3) is 0.545. The molecular formula is C11H20N2O4S. The second-order valence-electron chi connectivity index (χ2n) is 2.34. The van der Waals surface area contributed by atoms with Gasteiger partial charge in [0.2, 0.25) is 5.91 Å². The Morgan fingerprint density at radius 3 is 2.39 bits per heavy atom. The number of hydrogen-bond donors (Lipinski definition) is 2. The van der Waals surface area contributed by atoms with Gasteiger partial charge in [0.05, 0.1) is 24.7 Å². The number of aromatic carboxylic acids is 1.